The Hall–Kier alpha value is -3.77. The van der Waals surface area contributed by atoms with Gasteiger partial charge in [-0.25, -0.2) is 4.90 Å². The van der Waals surface area contributed by atoms with Gasteiger partial charge in [0, 0.05) is 16.5 Å². The van der Waals surface area contributed by atoms with Crippen LogP contribution in [-0.4, -0.2) is 39.8 Å². The van der Waals surface area contributed by atoms with E-state index < -0.39 is 39.7 Å². The first kappa shape index (κ1) is 28.4. The molecular weight excluding hydrogens is 621 g/mol. The van der Waals surface area contributed by atoms with Gasteiger partial charge >= 0.3 is 4.87 Å². The van der Waals surface area contributed by atoms with Crippen LogP contribution in [0.5, 0.6) is 11.5 Å². The molecule has 6 rings (SSSR count). The Balaban J connectivity index is 1.42. The van der Waals surface area contributed by atoms with E-state index in [0.29, 0.717) is 32.6 Å². The highest BCUT2D eigenvalue weighted by Gasteiger charge is 2.57. The minimum Gasteiger partial charge on any atom is -0.508 e. The number of aromatic hydroxyl groups is 1. The zero-order chi connectivity index (χ0) is 29.7. The smallest absolute Gasteiger partial charge is 0.308 e. The van der Waals surface area contributed by atoms with E-state index in [0.717, 1.165) is 28.0 Å². The number of thiazole rings is 1. The third-order valence-electron chi connectivity index (χ3n) is 7.15. The van der Waals surface area contributed by atoms with Gasteiger partial charge < -0.3 is 15.2 Å². The molecular formula is C29H21Cl2N3O6S2. The number of methoxy groups -OCH3 is 1. The lowest BCUT2D eigenvalue weighted by Crippen LogP contribution is -2.33. The van der Waals surface area contributed by atoms with Crippen LogP contribution >= 0.6 is 46.3 Å². The van der Waals surface area contributed by atoms with Crippen LogP contribution in [0.25, 0.3) is 0 Å². The first-order chi connectivity index (χ1) is 20.2. The number of ether oxygens (including phenoxy) is 1. The number of carbonyl (C=O) groups is 3. The summed E-state index contributed by atoms with van der Waals surface area (Å²) < 4.78 is 6.53. The van der Waals surface area contributed by atoms with E-state index in [2.05, 4.69) is 5.32 Å². The summed E-state index contributed by atoms with van der Waals surface area (Å²) in [4.78, 5) is 55.4. The van der Waals surface area contributed by atoms with E-state index in [9.17, 15) is 24.3 Å². The molecule has 13 heteroatoms. The quantitative estimate of drug-likeness (QED) is 0.215. The number of nitrogens with zero attached hydrogens (tertiary/aromatic N) is 2. The molecule has 2 aliphatic heterocycles. The third-order valence-corrected chi connectivity index (χ3v) is 10.6. The van der Waals surface area contributed by atoms with Crippen molar-refractivity contribution in [2.45, 2.75) is 22.7 Å². The Morgan fingerprint density at radius 1 is 1.00 bits per heavy atom. The number of amides is 3. The molecule has 3 atom stereocenters. The van der Waals surface area contributed by atoms with Crippen LogP contribution in [0.3, 0.4) is 0 Å². The predicted molar refractivity (Wildman–Crippen MR) is 162 cm³/mol. The van der Waals surface area contributed by atoms with Crippen LogP contribution in [0, 0.1) is 5.92 Å². The maximum Gasteiger partial charge on any atom is 0.308 e. The topological polar surface area (TPSA) is 118 Å². The summed E-state index contributed by atoms with van der Waals surface area (Å²) in [6, 6.07) is 17.6. The van der Waals surface area contributed by atoms with Crippen molar-refractivity contribution in [2.24, 2.45) is 5.92 Å². The summed E-state index contributed by atoms with van der Waals surface area (Å²) in [6.07, 6.45) is 0. The molecule has 0 radical (unpaired) electrons. The maximum absolute atomic E-state index is 14.0. The van der Waals surface area contributed by atoms with Crippen molar-refractivity contribution in [1.29, 1.82) is 0 Å². The molecule has 0 aliphatic carbocycles. The van der Waals surface area contributed by atoms with Crippen LogP contribution in [0.2, 0.25) is 10.0 Å². The van der Waals surface area contributed by atoms with Crippen LogP contribution in [0.4, 0.5) is 11.4 Å². The van der Waals surface area contributed by atoms with E-state index >= 15 is 0 Å². The van der Waals surface area contributed by atoms with Crippen LogP contribution in [-0.2, 0) is 20.9 Å². The molecule has 42 heavy (non-hydrogen) atoms. The lowest BCUT2D eigenvalue weighted by molar-refractivity contribution is -0.122. The minimum absolute atomic E-state index is 0.0484. The number of aromatic nitrogens is 1. The maximum atomic E-state index is 14.0. The number of halogens is 2. The molecule has 3 aromatic carbocycles. The Morgan fingerprint density at radius 2 is 1.71 bits per heavy atom. The molecule has 1 saturated heterocycles. The van der Waals surface area contributed by atoms with Crippen LogP contribution < -0.4 is 19.8 Å². The Morgan fingerprint density at radius 3 is 2.40 bits per heavy atom. The average molecular weight is 643 g/mol. The molecule has 3 unspecified atom stereocenters. The van der Waals surface area contributed by atoms with Crippen molar-refractivity contribution in [3.63, 3.8) is 0 Å². The van der Waals surface area contributed by atoms with Gasteiger partial charge in [0.15, 0.2) is 0 Å². The second-order valence-electron chi connectivity index (χ2n) is 9.61. The van der Waals surface area contributed by atoms with Crippen molar-refractivity contribution < 1.29 is 24.2 Å². The third kappa shape index (κ3) is 4.86. The van der Waals surface area contributed by atoms with E-state index in [-0.39, 0.29) is 22.3 Å². The second kappa shape index (κ2) is 11.1. The summed E-state index contributed by atoms with van der Waals surface area (Å²) >= 11 is 15.0. The number of rotatable bonds is 6. The first-order valence-electron chi connectivity index (χ1n) is 12.6. The molecule has 0 spiro atoms. The van der Waals surface area contributed by atoms with Crippen LogP contribution in [0.1, 0.15) is 16.4 Å². The predicted octanol–water partition coefficient (Wildman–Crippen LogP) is 5.37. The monoisotopic (exact) mass is 641 g/mol. The number of imide groups is 1. The number of benzene rings is 3. The molecule has 214 valence electrons. The summed E-state index contributed by atoms with van der Waals surface area (Å²) in [5.41, 5.74) is 1.35. The zero-order valence-electron chi connectivity index (χ0n) is 21.7. The molecule has 0 saturated carbocycles. The Labute approximate surface area is 257 Å². The van der Waals surface area contributed by atoms with Gasteiger partial charge in [0.2, 0.25) is 17.7 Å². The summed E-state index contributed by atoms with van der Waals surface area (Å²) in [5.74, 6) is -2.34. The largest absolute Gasteiger partial charge is 0.508 e. The van der Waals surface area contributed by atoms with Gasteiger partial charge in [-0.05, 0) is 60.2 Å². The minimum atomic E-state index is -0.882. The molecule has 1 fully saturated rings. The Bertz CT molecular complexity index is 1790. The number of phenolic OH excluding ortho intramolecular Hbond substituents is 1. The van der Waals surface area contributed by atoms with Gasteiger partial charge in [-0.1, -0.05) is 58.4 Å². The fraction of sp³-hybridized carbons (Fsp3) is 0.172. The number of anilines is 2. The highest BCUT2D eigenvalue weighted by molar-refractivity contribution is 8.00. The van der Waals surface area contributed by atoms with Crippen LogP contribution in [0.15, 0.2) is 76.6 Å². The second-order valence-corrected chi connectivity index (χ2v) is 12.5. The molecule has 3 amide bonds. The zero-order valence-corrected chi connectivity index (χ0v) is 24.9. The molecule has 3 heterocycles. The lowest BCUT2D eigenvalue weighted by atomic mass is 9.83. The molecule has 0 bridgehead atoms. The highest BCUT2D eigenvalue weighted by atomic mass is 35.5. The highest BCUT2D eigenvalue weighted by Crippen LogP contribution is 2.55. The van der Waals surface area contributed by atoms with Gasteiger partial charge in [-0.15, -0.1) is 0 Å². The van der Waals surface area contributed by atoms with Crippen molar-refractivity contribution in [2.75, 3.05) is 17.3 Å². The standard InChI is InChI=1S/C29H21Cl2N3O6S2/c1-40-17-11-7-15(8-12-17)34-26(37)22-21(18-3-2-4-19(30)23(18)31)25-28(41-24(22)27(34)38)33(29(39)42-25)13-20(36)32-14-5-9-16(35)10-6-14/h2-12,21-22,24,35H,13H2,1H3,(H,32,36). The number of carbonyl (C=O) groups excluding carboxylic acids is 3. The summed E-state index contributed by atoms with van der Waals surface area (Å²) in [7, 11) is 1.52. The van der Waals surface area contributed by atoms with Crippen molar-refractivity contribution in [1.82, 2.24) is 4.57 Å². The number of hydrogen-bond donors (Lipinski definition) is 2. The van der Waals surface area contributed by atoms with Gasteiger partial charge in [-0.3, -0.25) is 23.7 Å². The van der Waals surface area contributed by atoms with Crippen molar-refractivity contribution in [3.05, 3.63) is 96.9 Å². The van der Waals surface area contributed by atoms with Gasteiger partial charge in [0.05, 0.1) is 33.8 Å². The number of fused-ring (bicyclic) bond motifs is 2. The van der Waals surface area contributed by atoms with E-state index in [1.165, 1.54) is 35.9 Å². The van der Waals surface area contributed by atoms with Crippen molar-refractivity contribution in [3.8, 4) is 11.5 Å². The van der Waals surface area contributed by atoms with E-state index in [1.807, 2.05) is 0 Å². The Kier molecular flexibility index (Phi) is 7.52. The number of thioether (sulfide) groups is 1. The fourth-order valence-electron chi connectivity index (χ4n) is 5.23. The van der Waals surface area contributed by atoms with Crippen molar-refractivity contribution >= 4 is 75.4 Å². The summed E-state index contributed by atoms with van der Waals surface area (Å²) in [5, 5.41) is 12.3. The molecule has 2 N–H and O–H groups in total. The average Bonchev–Trinajstić information content (AvgIpc) is 3.42. The fourth-order valence-corrected chi connectivity index (χ4v) is 8.42. The molecule has 2 aliphatic rings. The normalized spacial score (nSPS) is 19.4. The number of phenols is 1. The van der Waals surface area contributed by atoms with Gasteiger partial charge in [0.1, 0.15) is 23.3 Å². The van der Waals surface area contributed by atoms with Gasteiger partial charge in [0.25, 0.3) is 0 Å². The molecule has 9 nitrogen and oxygen atoms in total. The molecule has 1 aromatic heterocycles. The van der Waals surface area contributed by atoms with E-state index in [4.69, 9.17) is 27.9 Å². The first-order valence-corrected chi connectivity index (χ1v) is 15.1. The number of nitrogens with one attached hydrogen (secondary N) is 1. The lowest BCUT2D eigenvalue weighted by Gasteiger charge is -2.31. The van der Waals surface area contributed by atoms with Gasteiger partial charge in [-0.2, -0.15) is 0 Å². The summed E-state index contributed by atoms with van der Waals surface area (Å²) in [6.45, 7) is -0.323. The number of hydrogen-bond acceptors (Lipinski definition) is 8. The van der Waals surface area contributed by atoms with E-state index in [1.54, 1.807) is 42.5 Å². The molecule has 4 aromatic rings. The SMILES string of the molecule is COc1ccc(N2C(=O)C3Sc4c(sc(=O)n4CC(=O)Nc4ccc(O)cc4)C(c4cccc(Cl)c4Cl)C3C2=O)cc1.